The maximum atomic E-state index is 12.4. The van der Waals surface area contributed by atoms with Gasteiger partial charge in [-0.25, -0.2) is 13.1 Å². The Bertz CT molecular complexity index is 813. The second kappa shape index (κ2) is 6.17. The van der Waals surface area contributed by atoms with E-state index in [4.69, 9.17) is 0 Å². The lowest BCUT2D eigenvalue weighted by molar-refractivity contribution is -0.116. The fraction of sp³-hybridized carbons (Fsp3) is 0.312. The zero-order chi connectivity index (χ0) is 16.4. The molecule has 0 atom stereocenters. The van der Waals surface area contributed by atoms with Crippen LogP contribution in [0, 0.1) is 0 Å². The number of nitrogens with one attached hydrogen (secondary N) is 2. The van der Waals surface area contributed by atoms with Gasteiger partial charge in [-0.1, -0.05) is 0 Å². The Labute approximate surface area is 135 Å². The third-order valence-electron chi connectivity index (χ3n) is 3.99. The maximum absolute atomic E-state index is 12.4. The van der Waals surface area contributed by atoms with E-state index in [2.05, 4.69) is 9.71 Å². The van der Waals surface area contributed by atoms with Crippen molar-refractivity contribution in [2.45, 2.75) is 31.2 Å². The van der Waals surface area contributed by atoms with Gasteiger partial charge in [-0.15, -0.1) is 0 Å². The molecule has 0 radical (unpaired) electrons. The van der Waals surface area contributed by atoms with Crippen molar-refractivity contribution in [3.8, 4) is 0 Å². The van der Waals surface area contributed by atoms with E-state index >= 15 is 0 Å². The Morgan fingerprint density at radius 3 is 2.87 bits per heavy atom. The van der Waals surface area contributed by atoms with Crippen LogP contribution >= 0.6 is 0 Å². The molecule has 2 aromatic rings. The molecule has 0 fully saturated rings. The summed E-state index contributed by atoms with van der Waals surface area (Å²) in [4.78, 5) is 16.5. The number of carbonyl (C=O) groups is 1. The summed E-state index contributed by atoms with van der Waals surface area (Å²) in [5, 5.41) is 0. The number of benzene rings is 1. The largest absolute Gasteiger partial charge is 0.367 e. The van der Waals surface area contributed by atoms with E-state index in [0.717, 1.165) is 29.7 Å². The highest BCUT2D eigenvalue weighted by atomic mass is 32.2. The number of hydrogen-bond acceptors (Lipinski definition) is 3. The van der Waals surface area contributed by atoms with E-state index in [9.17, 15) is 13.2 Å². The molecule has 2 heterocycles. The molecular weight excluding hydrogens is 314 g/mol. The second-order valence-electron chi connectivity index (χ2n) is 5.61. The molecule has 2 N–H and O–H groups in total. The molecule has 7 heteroatoms. The van der Waals surface area contributed by atoms with Gasteiger partial charge in [0.05, 0.1) is 4.90 Å². The Kier molecular flexibility index (Phi) is 4.23. The summed E-state index contributed by atoms with van der Waals surface area (Å²) in [7, 11) is -3.57. The first-order chi connectivity index (χ1) is 11.0. The molecule has 0 aliphatic carbocycles. The molecule has 3 rings (SSSR count). The smallest absolute Gasteiger partial charge is 0.240 e. The number of anilines is 1. The lowest BCUT2D eigenvalue weighted by Gasteiger charge is -2.28. The number of fused-ring (bicyclic) bond motifs is 1. The van der Waals surface area contributed by atoms with Gasteiger partial charge in [0.2, 0.25) is 15.9 Å². The van der Waals surface area contributed by atoms with Crippen LogP contribution in [-0.4, -0.2) is 25.9 Å². The van der Waals surface area contributed by atoms with Crippen molar-refractivity contribution in [3.63, 3.8) is 0 Å². The predicted octanol–water partition coefficient (Wildman–Crippen LogP) is 1.79. The summed E-state index contributed by atoms with van der Waals surface area (Å²) in [5.74, 6) is -0.0212. The van der Waals surface area contributed by atoms with Crippen LogP contribution in [0.15, 0.2) is 41.6 Å². The van der Waals surface area contributed by atoms with Gasteiger partial charge in [0.25, 0.3) is 0 Å². The van der Waals surface area contributed by atoms with Gasteiger partial charge in [0.15, 0.2) is 0 Å². The quantitative estimate of drug-likeness (QED) is 0.895. The second-order valence-corrected chi connectivity index (χ2v) is 7.38. The van der Waals surface area contributed by atoms with Crippen molar-refractivity contribution >= 4 is 21.6 Å². The van der Waals surface area contributed by atoms with E-state index < -0.39 is 10.0 Å². The minimum atomic E-state index is -3.57. The zero-order valence-electron chi connectivity index (χ0n) is 12.9. The van der Waals surface area contributed by atoms with Crippen molar-refractivity contribution in [2.24, 2.45) is 0 Å². The third kappa shape index (κ3) is 3.30. The van der Waals surface area contributed by atoms with Gasteiger partial charge in [0.1, 0.15) is 0 Å². The van der Waals surface area contributed by atoms with E-state index in [-0.39, 0.29) is 17.3 Å². The average Bonchev–Trinajstić information content (AvgIpc) is 3.05. The summed E-state index contributed by atoms with van der Waals surface area (Å²) in [6.45, 7) is 2.45. The Hall–Kier alpha value is -2.12. The number of H-pyrrole nitrogens is 1. The molecule has 0 unspecified atom stereocenters. The summed E-state index contributed by atoms with van der Waals surface area (Å²) in [6.07, 6.45) is 5.12. The number of aromatic nitrogens is 1. The molecule has 1 aliphatic rings. The van der Waals surface area contributed by atoms with Crippen LogP contribution in [0.2, 0.25) is 0 Å². The summed E-state index contributed by atoms with van der Waals surface area (Å²) >= 11 is 0. The van der Waals surface area contributed by atoms with Gasteiger partial charge in [-0.2, -0.15) is 0 Å². The minimum absolute atomic E-state index is 0.0212. The van der Waals surface area contributed by atoms with Crippen LogP contribution in [-0.2, 0) is 27.8 Å². The topological polar surface area (TPSA) is 82.3 Å². The van der Waals surface area contributed by atoms with Crippen LogP contribution in [0.3, 0.4) is 0 Å². The number of sulfonamides is 1. The summed E-state index contributed by atoms with van der Waals surface area (Å²) < 4.78 is 27.4. The van der Waals surface area contributed by atoms with Gasteiger partial charge in [-0.3, -0.25) is 4.79 Å². The van der Waals surface area contributed by atoms with E-state index in [1.807, 2.05) is 6.07 Å². The SMILES string of the molecule is CC(=O)N1CCCc2cc(S(=O)(=O)NCc3cc[nH]c3)ccc21. The van der Waals surface area contributed by atoms with Gasteiger partial charge in [-0.05, 0) is 48.2 Å². The number of amides is 1. The summed E-state index contributed by atoms with van der Waals surface area (Å²) in [5.41, 5.74) is 2.58. The number of rotatable bonds is 4. The number of carbonyl (C=O) groups excluding carboxylic acids is 1. The predicted molar refractivity (Wildman–Crippen MR) is 87.6 cm³/mol. The average molecular weight is 333 g/mol. The molecule has 23 heavy (non-hydrogen) atoms. The highest BCUT2D eigenvalue weighted by Gasteiger charge is 2.22. The highest BCUT2D eigenvalue weighted by molar-refractivity contribution is 7.89. The zero-order valence-corrected chi connectivity index (χ0v) is 13.7. The first-order valence-electron chi connectivity index (χ1n) is 7.50. The highest BCUT2D eigenvalue weighted by Crippen LogP contribution is 2.29. The Morgan fingerprint density at radius 2 is 2.17 bits per heavy atom. The Morgan fingerprint density at radius 1 is 1.35 bits per heavy atom. The van der Waals surface area contributed by atoms with Crippen LogP contribution in [0.5, 0.6) is 0 Å². The lowest BCUT2D eigenvalue weighted by atomic mass is 10.0. The molecule has 0 bridgehead atoms. The van der Waals surface area contributed by atoms with Gasteiger partial charge in [0, 0.05) is 38.1 Å². The maximum Gasteiger partial charge on any atom is 0.240 e. The Balaban J connectivity index is 1.84. The fourth-order valence-corrected chi connectivity index (χ4v) is 3.87. The molecule has 1 aromatic carbocycles. The molecular formula is C16H19N3O3S. The van der Waals surface area contributed by atoms with Gasteiger partial charge < -0.3 is 9.88 Å². The molecule has 122 valence electrons. The van der Waals surface area contributed by atoms with E-state index in [1.165, 1.54) is 6.92 Å². The molecule has 1 amide bonds. The van der Waals surface area contributed by atoms with E-state index in [0.29, 0.717) is 6.54 Å². The minimum Gasteiger partial charge on any atom is -0.367 e. The first-order valence-corrected chi connectivity index (χ1v) is 8.98. The standard InChI is InChI=1S/C16H19N3O3S/c1-12(20)19-8-2-3-14-9-15(4-5-16(14)19)23(21,22)18-11-13-6-7-17-10-13/h4-7,9-10,17-18H,2-3,8,11H2,1H3. The normalized spacial score (nSPS) is 14.6. The summed E-state index contributed by atoms with van der Waals surface area (Å²) in [6, 6.07) is 6.77. The lowest BCUT2D eigenvalue weighted by Crippen LogP contribution is -2.33. The van der Waals surface area contributed by atoms with Crippen LogP contribution in [0.25, 0.3) is 0 Å². The van der Waals surface area contributed by atoms with E-state index in [1.54, 1.807) is 35.5 Å². The number of aromatic amines is 1. The molecule has 0 saturated heterocycles. The van der Waals surface area contributed by atoms with Crippen molar-refractivity contribution in [2.75, 3.05) is 11.4 Å². The number of aryl methyl sites for hydroxylation is 1. The fourth-order valence-electron chi connectivity index (χ4n) is 2.80. The molecule has 1 aromatic heterocycles. The molecule has 0 spiro atoms. The molecule has 6 nitrogen and oxygen atoms in total. The van der Waals surface area contributed by atoms with Crippen molar-refractivity contribution in [1.82, 2.24) is 9.71 Å². The monoisotopic (exact) mass is 333 g/mol. The van der Waals surface area contributed by atoms with Crippen molar-refractivity contribution in [3.05, 3.63) is 47.8 Å². The van der Waals surface area contributed by atoms with Crippen LogP contribution in [0.4, 0.5) is 5.69 Å². The first kappa shape index (κ1) is 15.8. The van der Waals surface area contributed by atoms with Gasteiger partial charge >= 0.3 is 0 Å². The molecule has 0 saturated carbocycles. The number of nitrogens with zero attached hydrogens (tertiary/aromatic N) is 1. The van der Waals surface area contributed by atoms with Crippen LogP contribution in [0.1, 0.15) is 24.5 Å². The van der Waals surface area contributed by atoms with Crippen molar-refractivity contribution < 1.29 is 13.2 Å². The molecule has 1 aliphatic heterocycles. The number of hydrogen-bond donors (Lipinski definition) is 2. The van der Waals surface area contributed by atoms with Crippen LogP contribution < -0.4 is 9.62 Å². The van der Waals surface area contributed by atoms with Crippen molar-refractivity contribution in [1.29, 1.82) is 0 Å². The third-order valence-corrected chi connectivity index (χ3v) is 5.39.